The highest BCUT2D eigenvalue weighted by atomic mass is 35.5. The first-order valence-electron chi connectivity index (χ1n) is 6.30. The molecule has 116 valence electrons. The Labute approximate surface area is 145 Å². The summed E-state index contributed by atoms with van der Waals surface area (Å²) >= 11 is 12.1. The summed E-state index contributed by atoms with van der Waals surface area (Å²) in [6.45, 7) is 0. The number of carbonyl (C=O) groups is 2. The third kappa shape index (κ3) is 3.31. The van der Waals surface area contributed by atoms with Crippen LogP contribution < -0.4 is 10.4 Å². The summed E-state index contributed by atoms with van der Waals surface area (Å²) in [6, 6.07) is 7.48. The number of hydrogen-bond donors (Lipinski definition) is 1. The van der Waals surface area contributed by atoms with E-state index < -0.39 is 5.97 Å². The van der Waals surface area contributed by atoms with Crippen LogP contribution in [0.2, 0.25) is 5.02 Å². The Kier molecular flexibility index (Phi) is 4.25. The molecule has 1 amide bonds. The second-order valence-electron chi connectivity index (χ2n) is 4.54. The van der Waals surface area contributed by atoms with Crippen molar-refractivity contribution in [2.45, 2.75) is 0 Å². The summed E-state index contributed by atoms with van der Waals surface area (Å²) in [5, 5.41) is 13.8. The van der Waals surface area contributed by atoms with Crippen LogP contribution in [0.15, 0.2) is 39.7 Å². The van der Waals surface area contributed by atoms with Gasteiger partial charge in [-0.05, 0) is 29.8 Å². The van der Waals surface area contributed by atoms with Gasteiger partial charge in [-0.3, -0.25) is 4.79 Å². The third-order valence-electron chi connectivity index (χ3n) is 3.01. The van der Waals surface area contributed by atoms with E-state index in [9.17, 15) is 14.7 Å². The van der Waals surface area contributed by atoms with Gasteiger partial charge >= 0.3 is 0 Å². The van der Waals surface area contributed by atoms with E-state index in [-0.39, 0.29) is 11.5 Å². The van der Waals surface area contributed by atoms with Gasteiger partial charge in [-0.1, -0.05) is 41.6 Å². The third-order valence-corrected chi connectivity index (χ3v) is 4.50. The Morgan fingerprint density at radius 3 is 2.78 bits per heavy atom. The van der Waals surface area contributed by atoms with Crippen molar-refractivity contribution in [2.75, 3.05) is 0 Å². The molecule has 0 radical (unpaired) electrons. The fraction of sp³-hybridized carbons (Fsp3) is 0. The maximum atomic E-state index is 11.6. The lowest BCUT2D eigenvalue weighted by atomic mass is 10.1. The first-order valence-corrected chi connectivity index (χ1v) is 7.90. The van der Waals surface area contributed by atoms with Gasteiger partial charge in [-0.2, -0.15) is 0 Å². The molecule has 1 aromatic carbocycles. The van der Waals surface area contributed by atoms with E-state index in [2.05, 4.69) is 5.32 Å². The number of carboxylic acids is 1. The van der Waals surface area contributed by atoms with Crippen LogP contribution in [0.25, 0.3) is 17.4 Å². The van der Waals surface area contributed by atoms with Gasteiger partial charge in [0.1, 0.15) is 15.8 Å². The Morgan fingerprint density at radius 2 is 2.13 bits per heavy atom. The zero-order valence-electron chi connectivity index (χ0n) is 11.3. The molecule has 0 bridgehead atoms. The van der Waals surface area contributed by atoms with Gasteiger partial charge in [-0.25, -0.2) is 0 Å². The maximum absolute atomic E-state index is 11.6. The van der Waals surface area contributed by atoms with Crippen molar-refractivity contribution in [3.8, 4) is 11.3 Å². The minimum Gasteiger partial charge on any atom is -0.545 e. The van der Waals surface area contributed by atoms with Crippen molar-refractivity contribution in [1.29, 1.82) is 0 Å². The Morgan fingerprint density at radius 1 is 1.35 bits per heavy atom. The van der Waals surface area contributed by atoms with E-state index in [1.54, 1.807) is 18.2 Å². The smallest absolute Gasteiger partial charge is 0.263 e. The predicted octanol–water partition coefficient (Wildman–Crippen LogP) is 2.45. The molecule has 1 aromatic heterocycles. The monoisotopic (exact) mass is 364 g/mol. The molecular formula is C15H7ClNO4S2-. The number of aromatic carboxylic acids is 1. The average Bonchev–Trinajstić information content (AvgIpc) is 3.06. The van der Waals surface area contributed by atoms with Crippen LogP contribution in [0.3, 0.4) is 0 Å². The standard InChI is InChI=1S/C15H8ClNO4S2/c16-10-3-1-7(14(19)20)5-9(10)11-4-2-8(21-11)6-12-13(18)17-15(22)23-12/h1-6H,(H,19,20)(H,17,18,22)/p-1/b12-6-. The normalized spacial score (nSPS) is 16.0. The molecule has 0 atom stereocenters. The molecule has 8 heteroatoms. The Hall–Kier alpha value is -2.09. The lowest BCUT2D eigenvalue weighted by Crippen LogP contribution is -2.22. The van der Waals surface area contributed by atoms with Crippen LogP contribution in [0, 0.1) is 0 Å². The predicted molar refractivity (Wildman–Crippen MR) is 89.8 cm³/mol. The molecule has 1 aliphatic rings. The second-order valence-corrected chi connectivity index (χ2v) is 6.66. The van der Waals surface area contributed by atoms with Crippen LogP contribution >= 0.6 is 35.6 Å². The van der Waals surface area contributed by atoms with Gasteiger partial charge in [0.05, 0.1) is 15.9 Å². The van der Waals surface area contributed by atoms with Crippen molar-refractivity contribution in [3.05, 3.63) is 51.6 Å². The SMILES string of the molecule is O=C1NC(=S)S/C1=C\c1ccc(-c2cc(C(=O)[O-])ccc2Cl)o1. The lowest BCUT2D eigenvalue weighted by Gasteiger charge is -2.06. The molecule has 0 aliphatic carbocycles. The van der Waals surface area contributed by atoms with Crippen molar-refractivity contribution < 1.29 is 19.1 Å². The Balaban J connectivity index is 1.95. The molecule has 23 heavy (non-hydrogen) atoms. The molecule has 2 heterocycles. The summed E-state index contributed by atoms with van der Waals surface area (Å²) in [7, 11) is 0. The van der Waals surface area contributed by atoms with Crippen molar-refractivity contribution in [3.63, 3.8) is 0 Å². The summed E-state index contributed by atoms with van der Waals surface area (Å²) in [5.41, 5.74) is 0.425. The summed E-state index contributed by atoms with van der Waals surface area (Å²) in [4.78, 5) is 23.0. The van der Waals surface area contributed by atoms with Gasteiger partial charge in [-0.15, -0.1) is 0 Å². The van der Waals surface area contributed by atoms with Crippen LogP contribution in [0.1, 0.15) is 16.1 Å². The van der Waals surface area contributed by atoms with Gasteiger partial charge in [0.25, 0.3) is 5.91 Å². The zero-order chi connectivity index (χ0) is 16.6. The van der Waals surface area contributed by atoms with E-state index in [1.165, 1.54) is 18.2 Å². The van der Waals surface area contributed by atoms with E-state index >= 15 is 0 Å². The molecule has 1 fully saturated rings. The van der Waals surface area contributed by atoms with Crippen molar-refractivity contribution in [2.24, 2.45) is 0 Å². The van der Waals surface area contributed by atoms with Crippen LogP contribution in [0.4, 0.5) is 0 Å². The average molecular weight is 365 g/mol. The molecular weight excluding hydrogens is 358 g/mol. The minimum absolute atomic E-state index is 0.00298. The maximum Gasteiger partial charge on any atom is 0.263 e. The van der Waals surface area contributed by atoms with E-state index in [4.69, 9.17) is 28.2 Å². The van der Waals surface area contributed by atoms with Crippen LogP contribution in [0.5, 0.6) is 0 Å². The number of halogens is 1. The van der Waals surface area contributed by atoms with E-state index in [0.29, 0.717) is 31.3 Å². The molecule has 0 saturated carbocycles. The zero-order valence-corrected chi connectivity index (χ0v) is 13.7. The number of carbonyl (C=O) groups excluding carboxylic acids is 2. The highest BCUT2D eigenvalue weighted by Gasteiger charge is 2.22. The number of thioether (sulfide) groups is 1. The van der Waals surface area contributed by atoms with Gasteiger partial charge < -0.3 is 19.6 Å². The minimum atomic E-state index is -1.30. The largest absolute Gasteiger partial charge is 0.545 e. The molecule has 1 N–H and O–H groups in total. The first kappa shape index (κ1) is 15.8. The topological polar surface area (TPSA) is 82.4 Å². The molecule has 2 aromatic rings. The quantitative estimate of drug-likeness (QED) is 0.665. The Bertz CT molecular complexity index is 872. The number of amides is 1. The van der Waals surface area contributed by atoms with Crippen LogP contribution in [-0.2, 0) is 4.79 Å². The van der Waals surface area contributed by atoms with Crippen molar-refractivity contribution in [1.82, 2.24) is 5.32 Å². The van der Waals surface area contributed by atoms with Gasteiger partial charge in [0.2, 0.25) is 0 Å². The number of thiocarbonyl (C=S) groups is 1. The van der Waals surface area contributed by atoms with Gasteiger partial charge in [0.15, 0.2) is 0 Å². The van der Waals surface area contributed by atoms with Crippen molar-refractivity contribution >= 4 is 57.9 Å². The number of carboxylic acid groups (broad SMARTS) is 1. The number of hydrogen-bond acceptors (Lipinski definition) is 6. The molecule has 1 saturated heterocycles. The number of benzene rings is 1. The molecule has 5 nitrogen and oxygen atoms in total. The highest BCUT2D eigenvalue weighted by Crippen LogP contribution is 2.32. The summed E-state index contributed by atoms with van der Waals surface area (Å²) < 4.78 is 6.01. The number of rotatable bonds is 3. The molecule has 0 unspecified atom stereocenters. The molecule has 3 rings (SSSR count). The fourth-order valence-electron chi connectivity index (χ4n) is 1.97. The van der Waals surface area contributed by atoms with E-state index in [0.717, 1.165) is 11.8 Å². The second kappa shape index (κ2) is 6.19. The van der Waals surface area contributed by atoms with E-state index in [1.807, 2.05) is 0 Å². The molecule has 0 spiro atoms. The fourth-order valence-corrected chi connectivity index (χ4v) is 3.20. The summed E-state index contributed by atoms with van der Waals surface area (Å²) in [6.07, 6.45) is 1.55. The van der Waals surface area contributed by atoms with Gasteiger partial charge in [0, 0.05) is 11.6 Å². The molecule has 1 aliphatic heterocycles. The summed E-state index contributed by atoms with van der Waals surface area (Å²) in [5.74, 6) is -0.771. The van der Waals surface area contributed by atoms with Crippen LogP contribution in [-0.4, -0.2) is 16.2 Å². The number of nitrogens with one attached hydrogen (secondary N) is 1. The first-order chi connectivity index (χ1) is 10.9. The lowest BCUT2D eigenvalue weighted by molar-refractivity contribution is -0.255. The number of furan rings is 1. The highest BCUT2D eigenvalue weighted by molar-refractivity contribution is 8.26.